The Balaban J connectivity index is 0.000000769. The molecule has 176 valence electrons. The van der Waals surface area contributed by atoms with E-state index in [0.717, 1.165) is 12.8 Å². The van der Waals surface area contributed by atoms with Crippen LogP contribution < -0.4 is 0 Å². The van der Waals surface area contributed by atoms with Gasteiger partial charge < -0.3 is 4.90 Å². The van der Waals surface area contributed by atoms with Gasteiger partial charge >= 0.3 is 0 Å². The van der Waals surface area contributed by atoms with Crippen LogP contribution in [0.2, 0.25) is 0 Å². The first-order chi connectivity index (χ1) is 15.2. The van der Waals surface area contributed by atoms with Crippen LogP contribution in [0.3, 0.4) is 0 Å². The van der Waals surface area contributed by atoms with Crippen LogP contribution >= 0.6 is 0 Å². The molecular weight excluding hydrogens is 386 g/mol. The summed E-state index contributed by atoms with van der Waals surface area (Å²) in [5.74, 6) is 0. The largest absolute Gasteiger partial charge is 0.381 e. The lowest BCUT2D eigenvalue weighted by Crippen LogP contribution is -2.22. The highest BCUT2D eigenvalue weighted by Crippen LogP contribution is 2.40. The SMILES string of the molecule is CCC.CCC.CCc1c(C(C)(C)c2ccccc2)ccc(C)c1C1=CC=C(N(C)C)C1. The van der Waals surface area contributed by atoms with Crippen LogP contribution in [0.4, 0.5) is 0 Å². The van der Waals surface area contributed by atoms with E-state index in [1.165, 1.54) is 51.9 Å². The summed E-state index contributed by atoms with van der Waals surface area (Å²) < 4.78 is 0. The zero-order valence-corrected chi connectivity index (χ0v) is 22.5. The van der Waals surface area contributed by atoms with E-state index in [9.17, 15) is 0 Å². The second-order valence-corrected chi connectivity index (χ2v) is 9.46. The van der Waals surface area contributed by atoms with Gasteiger partial charge in [0.2, 0.25) is 0 Å². The monoisotopic (exact) mass is 433 g/mol. The maximum Gasteiger partial charge on any atom is 0.0172 e. The first-order valence-electron chi connectivity index (χ1n) is 12.4. The molecule has 0 aromatic heterocycles. The smallest absolute Gasteiger partial charge is 0.0172 e. The molecule has 0 N–H and O–H groups in total. The standard InChI is InChI=1S/C25H31N.2C3H8/c1-7-22-23(25(3,4)20-11-9-8-10-12-20)16-13-18(2)24(22)19-14-15-21(17-19)26(5)6;2*1-3-2/h8-16H,7,17H2,1-6H3;2*3H2,1-2H3. The predicted molar refractivity (Wildman–Crippen MR) is 145 cm³/mol. The molecule has 2 aromatic rings. The fraction of sp³-hybridized carbons (Fsp3) is 0.484. The Bertz CT molecular complexity index is 880. The summed E-state index contributed by atoms with van der Waals surface area (Å²) in [5, 5.41) is 0. The van der Waals surface area contributed by atoms with Crippen LogP contribution in [0.5, 0.6) is 0 Å². The average Bonchev–Trinajstić information content (AvgIpc) is 3.25. The molecule has 0 spiro atoms. The van der Waals surface area contributed by atoms with Gasteiger partial charge in [-0.3, -0.25) is 0 Å². The van der Waals surface area contributed by atoms with Crippen molar-refractivity contribution >= 4 is 5.57 Å². The van der Waals surface area contributed by atoms with Gasteiger partial charge in [-0.2, -0.15) is 0 Å². The molecule has 2 aromatic carbocycles. The zero-order valence-electron chi connectivity index (χ0n) is 22.5. The summed E-state index contributed by atoms with van der Waals surface area (Å²) in [7, 11) is 4.26. The molecule has 0 radical (unpaired) electrons. The molecule has 1 aliphatic carbocycles. The Labute approximate surface area is 199 Å². The summed E-state index contributed by atoms with van der Waals surface area (Å²) >= 11 is 0. The number of benzene rings is 2. The van der Waals surface area contributed by atoms with Crippen LogP contribution in [0.25, 0.3) is 5.57 Å². The van der Waals surface area contributed by atoms with Crippen LogP contribution in [0, 0.1) is 6.92 Å². The minimum Gasteiger partial charge on any atom is -0.381 e. The number of nitrogens with zero attached hydrogens (tertiary/aromatic N) is 1. The van der Waals surface area contributed by atoms with E-state index in [1.807, 2.05) is 0 Å². The van der Waals surface area contributed by atoms with Crippen molar-refractivity contribution in [3.63, 3.8) is 0 Å². The highest BCUT2D eigenvalue weighted by Gasteiger charge is 2.28. The van der Waals surface area contributed by atoms with Crippen molar-refractivity contribution in [1.82, 2.24) is 4.90 Å². The third-order valence-electron chi connectivity index (χ3n) is 5.79. The molecular formula is C31H47N. The van der Waals surface area contributed by atoms with Crippen molar-refractivity contribution in [1.29, 1.82) is 0 Å². The minimum atomic E-state index is -0.00791. The summed E-state index contributed by atoms with van der Waals surface area (Å²) in [6.45, 7) is 17.7. The fourth-order valence-corrected chi connectivity index (χ4v) is 4.16. The van der Waals surface area contributed by atoms with Crippen molar-refractivity contribution < 1.29 is 0 Å². The van der Waals surface area contributed by atoms with Crippen molar-refractivity contribution in [3.05, 3.63) is 88.1 Å². The molecule has 1 heteroatoms. The Hall–Kier alpha value is -2.28. The molecule has 0 saturated carbocycles. The van der Waals surface area contributed by atoms with E-state index in [4.69, 9.17) is 0 Å². The van der Waals surface area contributed by atoms with Crippen LogP contribution in [-0.4, -0.2) is 19.0 Å². The molecule has 0 unspecified atom stereocenters. The van der Waals surface area contributed by atoms with Crippen LogP contribution in [0.1, 0.15) is 95.5 Å². The van der Waals surface area contributed by atoms with Crippen molar-refractivity contribution in [2.75, 3.05) is 14.1 Å². The molecule has 0 heterocycles. The van der Waals surface area contributed by atoms with E-state index < -0.39 is 0 Å². The quantitative estimate of drug-likeness (QED) is 0.455. The molecule has 0 aliphatic heterocycles. The fourth-order valence-electron chi connectivity index (χ4n) is 4.16. The Morgan fingerprint density at radius 3 is 1.84 bits per heavy atom. The molecule has 0 fully saturated rings. The number of aryl methyl sites for hydroxylation is 1. The molecule has 1 aliphatic rings. The highest BCUT2D eigenvalue weighted by atomic mass is 15.1. The lowest BCUT2D eigenvalue weighted by molar-refractivity contribution is 0.506. The molecule has 3 rings (SSSR count). The molecule has 32 heavy (non-hydrogen) atoms. The van der Waals surface area contributed by atoms with Crippen molar-refractivity contribution in [2.45, 2.75) is 86.5 Å². The van der Waals surface area contributed by atoms with Gasteiger partial charge in [0.05, 0.1) is 0 Å². The molecule has 0 saturated heterocycles. The van der Waals surface area contributed by atoms with E-state index >= 15 is 0 Å². The van der Waals surface area contributed by atoms with Gasteiger partial charge in [-0.15, -0.1) is 0 Å². The Morgan fingerprint density at radius 2 is 1.38 bits per heavy atom. The van der Waals surface area contributed by atoms with E-state index in [-0.39, 0.29) is 5.41 Å². The molecule has 0 amide bonds. The van der Waals surface area contributed by atoms with Gasteiger partial charge in [0.15, 0.2) is 0 Å². The zero-order chi connectivity index (χ0) is 24.3. The van der Waals surface area contributed by atoms with Crippen molar-refractivity contribution in [3.8, 4) is 0 Å². The number of allylic oxidation sites excluding steroid dienone is 3. The van der Waals surface area contributed by atoms with Crippen molar-refractivity contribution in [2.24, 2.45) is 0 Å². The van der Waals surface area contributed by atoms with E-state index in [1.54, 1.807) is 0 Å². The number of hydrogen-bond acceptors (Lipinski definition) is 1. The molecule has 1 nitrogen and oxygen atoms in total. The Morgan fingerprint density at radius 1 is 0.812 bits per heavy atom. The Kier molecular flexibility index (Phi) is 11.5. The van der Waals surface area contributed by atoms with E-state index in [0.29, 0.717) is 0 Å². The van der Waals surface area contributed by atoms with Gasteiger partial charge in [0.1, 0.15) is 0 Å². The summed E-state index contributed by atoms with van der Waals surface area (Å²) in [6.07, 6.45) is 9.16. The average molecular weight is 434 g/mol. The maximum atomic E-state index is 2.35. The molecule has 0 atom stereocenters. The van der Waals surface area contributed by atoms with Gasteiger partial charge in [-0.1, -0.05) is 110 Å². The van der Waals surface area contributed by atoms with Crippen LogP contribution in [-0.2, 0) is 11.8 Å². The first kappa shape index (κ1) is 27.8. The van der Waals surface area contributed by atoms with Gasteiger partial charge in [0, 0.05) is 31.6 Å². The summed E-state index contributed by atoms with van der Waals surface area (Å²) in [4.78, 5) is 2.22. The maximum absolute atomic E-state index is 2.35. The number of rotatable bonds is 5. The lowest BCUT2D eigenvalue weighted by Gasteiger charge is -2.31. The lowest BCUT2D eigenvalue weighted by atomic mass is 9.73. The first-order valence-corrected chi connectivity index (χ1v) is 12.4. The normalized spacial score (nSPS) is 12.7. The second kappa shape index (κ2) is 13.3. The predicted octanol–water partition coefficient (Wildman–Crippen LogP) is 8.95. The number of hydrogen-bond donors (Lipinski definition) is 0. The van der Waals surface area contributed by atoms with E-state index in [2.05, 4.69) is 129 Å². The van der Waals surface area contributed by atoms with Gasteiger partial charge in [-0.25, -0.2) is 0 Å². The highest BCUT2D eigenvalue weighted by molar-refractivity contribution is 5.77. The summed E-state index contributed by atoms with van der Waals surface area (Å²) in [5.41, 5.74) is 9.99. The third-order valence-corrected chi connectivity index (χ3v) is 5.79. The van der Waals surface area contributed by atoms with Crippen LogP contribution in [0.15, 0.2) is 60.3 Å². The van der Waals surface area contributed by atoms with Gasteiger partial charge in [0.25, 0.3) is 0 Å². The topological polar surface area (TPSA) is 3.24 Å². The minimum absolute atomic E-state index is 0.00791. The third kappa shape index (κ3) is 6.86. The second-order valence-electron chi connectivity index (χ2n) is 9.46. The molecule has 0 bridgehead atoms. The summed E-state index contributed by atoms with van der Waals surface area (Å²) in [6, 6.07) is 15.5. The van der Waals surface area contributed by atoms with Gasteiger partial charge in [-0.05, 0) is 52.8 Å².